The number of amides is 1. The lowest BCUT2D eigenvalue weighted by Gasteiger charge is -2.22. The van der Waals surface area contributed by atoms with E-state index in [1.807, 2.05) is 25.7 Å². The number of anilines is 2. The zero-order valence-electron chi connectivity index (χ0n) is 15.2. The molecule has 1 aromatic carbocycles. The minimum absolute atomic E-state index is 0.0137. The summed E-state index contributed by atoms with van der Waals surface area (Å²) in [7, 11) is 0. The maximum atomic E-state index is 13.3. The molecular formula is C20H25N3O2. The first-order valence-electron chi connectivity index (χ1n) is 9.22. The molecule has 5 heteroatoms. The highest BCUT2D eigenvalue weighted by Crippen LogP contribution is 2.35. The third-order valence-electron chi connectivity index (χ3n) is 5.31. The van der Waals surface area contributed by atoms with Crippen LogP contribution in [0.2, 0.25) is 0 Å². The summed E-state index contributed by atoms with van der Waals surface area (Å²) in [4.78, 5) is 17.6. The Balaban J connectivity index is 1.69. The van der Waals surface area contributed by atoms with Crippen molar-refractivity contribution < 1.29 is 9.32 Å². The zero-order chi connectivity index (χ0) is 17.6. The summed E-state index contributed by atoms with van der Waals surface area (Å²) >= 11 is 0. The molecule has 0 bridgehead atoms. The molecule has 0 atom stereocenters. The van der Waals surface area contributed by atoms with E-state index in [-0.39, 0.29) is 11.8 Å². The summed E-state index contributed by atoms with van der Waals surface area (Å²) in [6.07, 6.45) is 3.40. The van der Waals surface area contributed by atoms with E-state index in [1.54, 1.807) is 0 Å². The number of hydrogen-bond acceptors (Lipinski definition) is 4. The quantitative estimate of drug-likeness (QED) is 0.851. The fourth-order valence-corrected chi connectivity index (χ4v) is 3.93. The number of benzene rings is 1. The van der Waals surface area contributed by atoms with Crippen molar-refractivity contribution in [2.24, 2.45) is 0 Å². The van der Waals surface area contributed by atoms with Gasteiger partial charge in [0.15, 0.2) is 5.76 Å². The molecule has 1 aromatic heterocycles. The summed E-state index contributed by atoms with van der Waals surface area (Å²) in [5.74, 6) is 0.838. The highest BCUT2D eigenvalue weighted by atomic mass is 16.5. The normalized spacial score (nSPS) is 16.8. The van der Waals surface area contributed by atoms with Gasteiger partial charge in [0.1, 0.15) is 5.56 Å². The van der Waals surface area contributed by atoms with Gasteiger partial charge >= 0.3 is 0 Å². The number of aromatic nitrogens is 1. The molecule has 0 spiro atoms. The number of carbonyl (C=O) groups excluding carboxylic acids is 1. The van der Waals surface area contributed by atoms with Crippen molar-refractivity contribution in [3.8, 4) is 0 Å². The Bertz CT molecular complexity index is 803. The van der Waals surface area contributed by atoms with Crippen molar-refractivity contribution in [1.82, 2.24) is 5.16 Å². The number of fused-ring (bicyclic) bond motifs is 1. The Morgan fingerprint density at radius 2 is 1.96 bits per heavy atom. The summed E-state index contributed by atoms with van der Waals surface area (Å²) < 4.78 is 5.42. The fraction of sp³-hybridized carbons (Fsp3) is 0.500. The lowest BCUT2D eigenvalue weighted by molar-refractivity contribution is 0.0986. The smallest absolute Gasteiger partial charge is 0.263 e. The van der Waals surface area contributed by atoms with Crippen LogP contribution in [0.5, 0.6) is 0 Å². The number of hydrogen-bond donors (Lipinski definition) is 0. The molecule has 4 rings (SSSR count). The summed E-state index contributed by atoms with van der Waals surface area (Å²) in [6, 6.07) is 6.56. The van der Waals surface area contributed by atoms with Crippen molar-refractivity contribution in [2.45, 2.75) is 46.0 Å². The highest BCUT2D eigenvalue weighted by molar-refractivity contribution is 6.08. The molecular weight excluding hydrogens is 314 g/mol. The topological polar surface area (TPSA) is 49.6 Å². The first kappa shape index (κ1) is 16.2. The molecule has 2 aliphatic rings. The Kier molecular flexibility index (Phi) is 4.02. The monoisotopic (exact) mass is 339 g/mol. The molecule has 1 saturated heterocycles. The summed E-state index contributed by atoms with van der Waals surface area (Å²) in [5, 5.41) is 4.04. The van der Waals surface area contributed by atoms with Crippen LogP contribution in [0, 0.1) is 6.92 Å². The first-order valence-corrected chi connectivity index (χ1v) is 9.22. The van der Waals surface area contributed by atoms with Crippen molar-refractivity contribution in [2.75, 3.05) is 29.4 Å². The fourth-order valence-electron chi connectivity index (χ4n) is 3.93. The minimum atomic E-state index is 0.0137. The van der Waals surface area contributed by atoms with Crippen LogP contribution in [0.25, 0.3) is 0 Å². The van der Waals surface area contributed by atoms with Gasteiger partial charge in [-0.1, -0.05) is 25.1 Å². The predicted molar refractivity (Wildman–Crippen MR) is 98.6 cm³/mol. The van der Waals surface area contributed by atoms with Crippen LogP contribution in [0.4, 0.5) is 11.4 Å². The van der Waals surface area contributed by atoms with Crippen molar-refractivity contribution in [3.05, 3.63) is 40.8 Å². The van der Waals surface area contributed by atoms with Gasteiger partial charge in [-0.15, -0.1) is 0 Å². The lowest BCUT2D eigenvalue weighted by Crippen LogP contribution is -2.30. The Morgan fingerprint density at radius 3 is 2.68 bits per heavy atom. The van der Waals surface area contributed by atoms with Crippen LogP contribution < -0.4 is 9.80 Å². The molecule has 3 heterocycles. The number of carbonyl (C=O) groups is 1. The molecule has 0 saturated carbocycles. The van der Waals surface area contributed by atoms with E-state index in [1.165, 1.54) is 24.1 Å². The van der Waals surface area contributed by atoms with Gasteiger partial charge in [0, 0.05) is 36.9 Å². The lowest BCUT2D eigenvalue weighted by atomic mass is 10.0. The predicted octanol–water partition coefficient (Wildman–Crippen LogP) is 3.91. The van der Waals surface area contributed by atoms with Gasteiger partial charge in [-0.3, -0.25) is 4.79 Å². The molecule has 1 fully saturated rings. The van der Waals surface area contributed by atoms with Crippen LogP contribution >= 0.6 is 0 Å². The average molecular weight is 339 g/mol. The third-order valence-corrected chi connectivity index (χ3v) is 5.31. The van der Waals surface area contributed by atoms with Gasteiger partial charge in [0.2, 0.25) is 0 Å². The van der Waals surface area contributed by atoms with Crippen molar-refractivity contribution >= 4 is 17.3 Å². The number of aryl methyl sites for hydroxylation is 1. The molecule has 0 N–H and O–H groups in total. The van der Waals surface area contributed by atoms with E-state index in [9.17, 15) is 4.79 Å². The number of nitrogens with zero attached hydrogens (tertiary/aromatic N) is 3. The van der Waals surface area contributed by atoms with E-state index < -0.39 is 0 Å². The van der Waals surface area contributed by atoms with Gasteiger partial charge < -0.3 is 14.3 Å². The molecule has 1 amide bonds. The van der Waals surface area contributed by atoms with E-state index in [0.29, 0.717) is 17.0 Å². The van der Waals surface area contributed by atoms with Crippen LogP contribution in [-0.2, 0) is 6.42 Å². The van der Waals surface area contributed by atoms with E-state index in [4.69, 9.17) is 4.52 Å². The van der Waals surface area contributed by atoms with Crippen molar-refractivity contribution in [1.29, 1.82) is 0 Å². The summed E-state index contributed by atoms with van der Waals surface area (Å²) in [5.41, 5.74) is 4.83. The van der Waals surface area contributed by atoms with E-state index in [0.717, 1.165) is 31.7 Å². The Morgan fingerprint density at radius 1 is 1.20 bits per heavy atom. The van der Waals surface area contributed by atoms with Crippen LogP contribution in [0.15, 0.2) is 22.7 Å². The van der Waals surface area contributed by atoms with Gasteiger partial charge in [-0.05, 0) is 43.9 Å². The summed E-state index contributed by atoms with van der Waals surface area (Å²) in [6.45, 7) is 8.84. The molecule has 0 unspecified atom stereocenters. The SMILES string of the molecule is Cc1noc(C(C)C)c1C(=O)N1CCc2ccc(N3CCCC3)cc21. The standard InChI is InChI=1S/C20H25N3O2/c1-13(2)19-18(14(3)21-25-19)20(24)23-11-8-15-6-7-16(12-17(15)23)22-9-4-5-10-22/h6-7,12-13H,4-5,8-11H2,1-3H3. The van der Waals surface area contributed by atoms with Crippen LogP contribution in [0.3, 0.4) is 0 Å². The highest BCUT2D eigenvalue weighted by Gasteiger charge is 2.32. The zero-order valence-corrected chi connectivity index (χ0v) is 15.2. The van der Waals surface area contributed by atoms with E-state index in [2.05, 4.69) is 28.3 Å². The molecule has 0 aliphatic carbocycles. The molecule has 132 valence electrons. The second kappa shape index (κ2) is 6.21. The maximum absolute atomic E-state index is 13.3. The Hall–Kier alpha value is -2.30. The maximum Gasteiger partial charge on any atom is 0.263 e. The second-order valence-corrected chi connectivity index (χ2v) is 7.38. The number of rotatable bonds is 3. The molecule has 2 aromatic rings. The average Bonchev–Trinajstić information content (AvgIpc) is 3.32. The largest absolute Gasteiger partial charge is 0.371 e. The third kappa shape index (κ3) is 2.71. The van der Waals surface area contributed by atoms with Gasteiger partial charge in [-0.25, -0.2) is 0 Å². The van der Waals surface area contributed by atoms with Crippen molar-refractivity contribution in [3.63, 3.8) is 0 Å². The Labute approximate surface area is 148 Å². The van der Waals surface area contributed by atoms with Gasteiger partial charge in [-0.2, -0.15) is 0 Å². The molecule has 25 heavy (non-hydrogen) atoms. The minimum Gasteiger partial charge on any atom is -0.371 e. The van der Waals surface area contributed by atoms with Gasteiger partial charge in [0.05, 0.1) is 5.69 Å². The second-order valence-electron chi connectivity index (χ2n) is 7.38. The molecule has 5 nitrogen and oxygen atoms in total. The molecule has 0 radical (unpaired) electrons. The van der Waals surface area contributed by atoms with Crippen LogP contribution in [0.1, 0.15) is 60.0 Å². The van der Waals surface area contributed by atoms with Crippen LogP contribution in [-0.4, -0.2) is 30.7 Å². The first-order chi connectivity index (χ1) is 12.1. The molecule has 2 aliphatic heterocycles. The van der Waals surface area contributed by atoms with Gasteiger partial charge in [0.25, 0.3) is 5.91 Å². The van der Waals surface area contributed by atoms with E-state index >= 15 is 0 Å².